The highest BCUT2D eigenvalue weighted by atomic mass is 35.5. The first kappa shape index (κ1) is 8.19. The Balaban J connectivity index is 2.72. The van der Waals surface area contributed by atoms with Gasteiger partial charge in [-0.15, -0.1) is 0 Å². The Morgan fingerprint density at radius 2 is 2.15 bits per heavy atom. The Labute approximate surface area is 79.6 Å². The van der Waals surface area contributed by atoms with E-state index in [0.717, 1.165) is 10.9 Å². The maximum Gasteiger partial charge on any atom is 0.215 e. The lowest BCUT2D eigenvalue weighted by Crippen LogP contribution is -1.89. The predicted molar refractivity (Wildman–Crippen MR) is 48.9 cm³/mol. The maximum absolute atomic E-state index is 5.82. The Kier molecular flexibility index (Phi) is 1.98. The molecule has 66 valence electrons. The zero-order chi connectivity index (χ0) is 9.26. The van der Waals surface area contributed by atoms with Gasteiger partial charge in [-0.2, -0.15) is 0 Å². The van der Waals surface area contributed by atoms with E-state index in [4.69, 9.17) is 16.3 Å². The van der Waals surface area contributed by atoms with Crippen molar-refractivity contribution >= 4 is 22.5 Å². The molecule has 0 unspecified atom stereocenters. The van der Waals surface area contributed by atoms with Crippen LogP contribution in [0.4, 0.5) is 0 Å². The van der Waals surface area contributed by atoms with E-state index in [1.54, 1.807) is 19.4 Å². The third kappa shape index (κ3) is 1.40. The summed E-state index contributed by atoms with van der Waals surface area (Å²) in [6.45, 7) is 0. The van der Waals surface area contributed by atoms with E-state index >= 15 is 0 Å². The van der Waals surface area contributed by atoms with Crippen LogP contribution in [0, 0.1) is 0 Å². The van der Waals surface area contributed by atoms with Crippen LogP contribution in [0.3, 0.4) is 0 Å². The quantitative estimate of drug-likeness (QED) is 0.650. The second-order valence-electron chi connectivity index (χ2n) is 2.41. The van der Waals surface area contributed by atoms with Crippen molar-refractivity contribution in [3.05, 3.63) is 23.7 Å². The van der Waals surface area contributed by atoms with E-state index in [0.29, 0.717) is 11.0 Å². The molecule has 2 aromatic heterocycles. The van der Waals surface area contributed by atoms with Gasteiger partial charge >= 0.3 is 0 Å². The first-order valence-electron chi connectivity index (χ1n) is 3.61. The molecule has 2 aromatic rings. The fourth-order valence-electron chi connectivity index (χ4n) is 1.01. The van der Waals surface area contributed by atoms with Crippen molar-refractivity contribution in [3.63, 3.8) is 0 Å². The lowest BCUT2D eigenvalue weighted by Gasteiger charge is -2.00. The van der Waals surface area contributed by atoms with Gasteiger partial charge in [-0.05, 0) is 0 Å². The monoisotopic (exact) mass is 195 g/mol. The van der Waals surface area contributed by atoms with Gasteiger partial charge in [0.1, 0.15) is 11.5 Å². The van der Waals surface area contributed by atoms with Gasteiger partial charge in [0.2, 0.25) is 5.88 Å². The summed E-state index contributed by atoms with van der Waals surface area (Å²) >= 11 is 5.82. The van der Waals surface area contributed by atoms with Gasteiger partial charge in [-0.1, -0.05) is 11.6 Å². The Morgan fingerprint density at radius 3 is 2.92 bits per heavy atom. The van der Waals surface area contributed by atoms with Crippen LogP contribution in [-0.4, -0.2) is 22.1 Å². The number of hydrogen-bond donors (Lipinski definition) is 0. The fourth-order valence-corrected chi connectivity index (χ4v) is 1.20. The maximum atomic E-state index is 5.82. The van der Waals surface area contributed by atoms with Crippen molar-refractivity contribution in [2.75, 3.05) is 7.11 Å². The van der Waals surface area contributed by atoms with Crippen LogP contribution in [0.25, 0.3) is 10.9 Å². The first-order chi connectivity index (χ1) is 6.31. The molecule has 0 aliphatic heterocycles. The van der Waals surface area contributed by atoms with Crippen LogP contribution in [0.2, 0.25) is 5.15 Å². The highest BCUT2D eigenvalue weighted by Crippen LogP contribution is 2.20. The summed E-state index contributed by atoms with van der Waals surface area (Å²) < 4.78 is 4.95. The van der Waals surface area contributed by atoms with Crippen LogP contribution in [0.1, 0.15) is 0 Å². The van der Waals surface area contributed by atoms with Crippen LogP contribution < -0.4 is 4.74 Å². The molecule has 0 spiro atoms. The summed E-state index contributed by atoms with van der Waals surface area (Å²) in [7, 11) is 1.55. The minimum atomic E-state index is 0.403. The second-order valence-corrected chi connectivity index (χ2v) is 2.77. The van der Waals surface area contributed by atoms with Crippen LogP contribution >= 0.6 is 11.6 Å². The predicted octanol–water partition coefficient (Wildman–Crippen LogP) is 1.69. The van der Waals surface area contributed by atoms with Crippen molar-refractivity contribution in [2.24, 2.45) is 0 Å². The van der Waals surface area contributed by atoms with Gasteiger partial charge in [0, 0.05) is 12.3 Å². The molecule has 5 heteroatoms. The van der Waals surface area contributed by atoms with E-state index in [2.05, 4.69) is 15.0 Å². The van der Waals surface area contributed by atoms with Crippen molar-refractivity contribution in [2.45, 2.75) is 0 Å². The van der Waals surface area contributed by atoms with Crippen molar-refractivity contribution in [1.82, 2.24) is 15.0 Å². The molecule has 0 fully saturated rings. The molecule has 4 nitrogen and oxygen atoms in total. The van der Waals surface area contributed by atoms with Crippen molar-refractivity contribution < 1.29 is 4.74 Å². The molecule has 0 bridgehead atoms. The Bertz CT molecular complexity index is 446. The number of hydrogen-bond acceptors (Lipinski definition) is 4. The van der Waals surface area contributed by atoms with Gasteiger partial charge in [0.05, 0.1) is 18.0 Å². The summed E-state index contributed by atoms with van der Waals surface area (Å²) in [5.74, 6) is 0.516. The number of methoxy groups -OCH3 is 1. The lowest BCUT2D eigenvalue weighted by molar-refractivity contribution is 0.398. The second kappa shape index (κ2) is 3.14. The molecule has 0 radical (unpaired) electrons. The van der Waals surface area contributed by atoms with E-state index in [1.165, 1.54) is 6.33 Å². The molecular weight excluding hydrogens is 190 g/mol. The minimum Gasteiger partial charge on any atom is -0.481 e. The van der Waals surface area contributed by atoms with Crippen LogP contribution in [0.15, 0.2) is 18.6 Å². The third-order valence-corrected chi connectivity index (χ3v) is 1.96. The van der Waals surface area contributed by atoms with Crippen LogP contribution in [-0.2, 0) is 0 Å². The molecule has 2 rings (SSSR count). The summed E-state index contributed by atoms with van der Waals surface area (Å²) in [6.07, 6.45) is 3.00. The molecule has 0 amide bonds. The average molecular weight is 196 g/mol. The van der Waals surface area contributed by atoms with E-state index < -0.39 is 0 Å². The van der Waals surface area contributed by atoms with Crippen molar-refractivity contribution in [3.8, 4) is 5.88 Å². The minimum absolute atomic E-state index is 0.403. The summed E-state index contributed by atoms with van der Waals surface area (Å²) in [5.41, 5.74) is 0.729. The number of ether oxygens (including phenoxy) is 1. The van der Waals surface area contributed by atoms with E-state index in [-0.39, 0.29) is 0 Å². The molecule has 0 saturated carbocycles. The molecule has 0 aromatic carbocycles. The van der Waals surface area contributed by atoms with Crippen molar-refractivity contribution in [1.29, 1.82) is 0 Å². The summed E-state index contributed by atoms with van der Waals surface area (Å²) in [6, 6.07) is 1.71. The first-order valence-corrected chi connectivity index (χ1v) is 3.99. The lowest BCUT2D eigenvalue weighted by atomic mass is 10.3. The smallest absolute Gasteiger partial charge is 0.215 e. The number of aromatic nitrogens is 3. The number of rotatable bonds is 1. The van der Waals surface area contributed by atoms with E-state index in [1.807, 2.05) is 0 Å². The van der Waals surface area contributed by atoms with Gasteiger partial charge in [-0.25, -0.2) is 15.0 Å². The zero-order valence-corrected chi connectivity index (χ0v) is 7.62. The normalized spacial score (nSPS) is 10.3. The Hall–Kier alpha value is -1.42. The molecule has 0 N–H and O–H groups in total. The number of pyridine rings is 1. The van der Waals surface area contributed by atoms with Gasteiger partial charge < -0.3 is 4.74 Å². The summed E-state index contributed by atoms with van der Waals surface area (Å²) in [5, 5.41) is 1.13. The molecule has 0 saturated heterocycles. The zero-order valence-electron chi connectivity index (χ0n) is 6.86. The largest absolute Gasteiger partial charge is 0.481 e. The number of nitrogens with zero attached hydrogens (tertiary/aromatic N) is 3. The molecule has 2 heterocycles. The topological polar surface area (TPSA) is 47.9 Å². The van der Waals surface area contributed by atoms with Crippen LogP contribution in [0.5, 0.6) is 5.88 Å². The number of fused-ring (bicyclic) bond motifs is 1. The SMILES string of the molecule is COc1cc2ncnc(Cl)c2cn1. The summed E-state index contributed by atoms with van der Waals surface area (Å²) in [4.78, 5) is 11.9. The third-order valence-electron chi connectivity index (χ3n) is 1.66. The molecule has 13 heavy (non-hydrogen) atoms. The Morgan fingerprint density at radius 1 is 1.31 bits per heavy atom. The highest BCUT2D eigenvalue weighted by molar-refractivity contribution is 6.33. The standard InChI is InChI=1S/C8H6ClN3O/c1-13-7-2-6-5(3-10-7)8(9)12-4-11-6/h2-4H,1H3. The number of halogens is 1. The van der Waals surface area contributed by atoms with Gasteiger partial charge in [-0.3, -0.25) is 0 Å². The van der Waals surface area contributed by atoms with E-state index in [9.17, 15) is 0 Å². The van der Waals surface area contributed by atoms with Gasteiger partial charge in [0.25, 0.3) is 0 Å². The molecular formula is C8H6ClN3O. The van der Waals surface area contributed by atoms with Gasteiger partial charge in [0.15, 0.2) is 0 Å². The molecule has 0 atom stereocenters. The molecule has 0 aliphatic carbocycles. The fraction of sp³-hybridized carbons (Fsp3) is 0.125. The highest BCUT2D eigenvalue weighted by Gasteiger charge is 2.02. The average Bonchev–Trinajstić information content (AvgIpc) is 2.18. The molecule has 0 aliphatic rings.